The SMILES string of the molecule is Cc1c(C(=O)NCCCc2nn(-c3ccc(F)cc3)c(N)c2C#N)sc2ncn(C)c(=O)c12. The van der Waals surface area contributed by atoms with Crippen molar-refractivity contribution in [2.45, 2.75) is 19.8 Å². The molecule has 0 atom stereocenters. The van der Waals surface area contributed by atoms with E-state index in [2.05, 4.69) is 21.5 Å². The maximum Gasteiger partial charge on any atom is 0.262 e. The Morgan fingerprint density at radius 1 is 1.33 bits per heavy atom. The first-order valence-corrected chi connectivity index (χ1v) is 10.9. The number of aromatic nitrogens is 4. The number of carbonyl (C=O) groups excluding carboxylic acids is 1. The number of halogens is 1. The topological polar surface area (TPSA) is 132 Å². The van der Waals surface area contributed by atoms with Gasteiger partial charge >= 0.3 is 0 Å². The van der Waals surface area contributed by atoms with Crippen LogP contribution >= 0.6 is 11.3 Å². The van der Waals surface area contributed by atoms with Crippen LogP contribution in [0.25, 0.3) is 15.9 Å². The van der Waals surface area contributed by atoms with E-state index < -0.39 is 0 Å². The van der Waals surface area contributed by atoms with Crippen molar-refractivity contribution >= 4 is 33.3 Å². The fourth-order valence-corrected chi connectivity index (χ4v) is 4.57. The third-order valence-corrected chi connectivity index (χ3v) is 6.47. The number of amides is 1. The zero-order valence-corrected chi connectivity index (χ0v) is 18.7. The standard InChI is InChI=1S/C22H20FN7O2S/c1-12-17-21(27-11-29(2)22(17)32)33-18(12)20(31)26-9-3-4-16-15(10-24)19(25)30(28-16)14-7-5-13(23)6-8-14/h5-8,11H,3-4,9,25H2,1-2H3,(H,26,31). The van der Waals surface area contributed by atoms with E-state index in [9.17, 15) is 19.2 Å². The number of nitrogens with one attached hydrogen (secondary N) is 1. The van der Waals surface area contributed by atoms with Crippen LogP contribution in [0, 0.1) is 24.1 Å². The zero-order chi connectivity index (χ0) is 23.7. The molecule has 0 aliphatic rings. The number of thiophene rings is 1. The number of carbonyl (C=O) groups is 1. The van der Waals surface area contributed by atoms with E-state index in [1.54, 1.807) is 14.0 Å². The lowest BCUT2D eigenvalue weighted by Crippen LogP contribution is -2.24. The lowest BCUT2D eigenvalue weighted by atomic mass is 10.1. The summed E-state index contributed by atoms with van der Waals surface area (Å²) in [5.74, 6) is -0.487. The molecule has 0 unspecified atom stereocenters. The van der Waals surface area contributed by atoms with Gasteiger partial charge in [0.1, 0.15) is 28.1 Å². The molecule has 4 aromatic rings. The lowest BCUT2D eigenvalue weighted by molar-refractivity contribution is 0.0956. The molecule has 3 heterocycles. The molecule has 0 fully saturated rings. The fraction of sp³-hybridized carbons (Fsp3) is 0.227. The van der Waals surface area contributed by atoms with E-state index in [1.165, 1.54) is 51.2 Å². The first-order valence-electron chi connectivity index (χ1n) is 10.1. The first-order chi connectivity index (χ1) is 15.8. The van der Waals surface area contributed by atoms with Crippen LogP contribution in [0.5, 0.6) is 0 Å². The predicted molar refractivity (Wildman–Crippen MR) is 123 cm³/mol. The van der Waals surface area contributed by atoms with Gasteiger partial charge in [-0.15, -0.1) is 11.3 Å². The van der Waals surface area contributed by atoms with Crippen molar-refractivity contribution in [1.82, 2.24) is 24.6 Å². The summed E-state index contributed by atoms with van der Waals surface area (Å²) in [6.45, 7) is 2.08. The Balaban J connectivity index is 1.44. The van der Waals surface area contributed by atoms with Gasteiger partial charge in [0.2, 0.25) is 0 Å². The largest absolute Gasteiger partial charge is 0.382 e. The van der Waals surface area contributed by atoms with E-state index in [4.69, 9.17) is 5.73 Å². The van der Waals surface area contributed by atoms with Crippen LogP contribution in [-0.4, -0.2) is 31.8 Å². The summed E-state index contributed by atoms with van der Waals surface area (Å²) < 4.78 is 16.0. The molecular weight excluding hydrogens is 445 g/mol. The zero-order valence-electron chi connectivity index (χ0n) is 17.9. The number of nitriles is 1. The number of aryl methyl sites for hydroxylation is 3. The van der Waals surface area contributed by atoms with Crippen molar-refractivity contribution in [2.75, 3.05) is 12.3 Å². The van der Waals surface area contributed by atoms with Gasteiger partial charge < -0.3 is 15.6 Å². The minimum Gasteiger partial charge on any atom is -0.382 e. The van der Waals surface area contributed by atoms with Crippen LogP contribution in [0.4, 0.5) is 10.2 Å². The minimum absolute atomic E-state index is 0.179. The molecule has 1 aromatic carbocycles. The molecule has 11 heteroatoms. The Labute approximate surface area is 191 Å². The minimum atomic E-state index is -0.383. The van der Waals surface area contributed by atoms with Gasteiger partial charge in [-0.2, -0.15) is 10.4 Å². The van der Waals surface area contributed by atoms with Crippen molar-refractivity contribution in [1.29, 1.82) is 5.26 Å². The molecule has 1 amide bonds. The molecule has 3 aromatic heterocycles. The number of nitrogens with two attached hydrogens (primary N) is 1. The van der Waals surface area contributed by atoms with Gasteiger partial charge in [-0.25, -0.2) is 14.1 Å². The van der Waals surface area contributed by atoms with Gasteiger partial charge in [-0.1, -0.05) is 0 Å². The van der Waals surface area contributed by atoms with Crippen LogP contribution in [0.15, 0.2) is 35.4 Å². The second-order valence-electron chi connectivity index (χ2n) is 7.46. The lowest BCUT2D eigenvalue weighted by Gasteiger charge is -2.04. The Kier molecular flexibility index (Phi) is 5.93. The Bertz CT molecular complexity index is 1460. The van der Waals surface area contributed by atoms with Crippen LogP contribution < -0.4 is 16.6 Å². The van der Waals surface area contributed by atoms with Gasteiger partial charge in [0, 0.05) is 13.6 Å². The summed E-state index contributed by atoms with van der Waals surface area (Å²) in [6.07, 6.45) is 2.37. The molecule has 0 aliphatic heterocycles. The molecule has 0 aliphatic carbocycles. The summed E-state index contributed by atoms with van der Waals surface area (Å²) in [4.78, 5) is 30.2. The van der Waals surface area contributed by atoms with Crippen molar-refractivity contribution in [3.05, 3.63) is 68.5 Å². The number of benzene rings is 1. The summed E-state index contributed by atoms with van der Waals surface area (Å²) >= 11 is 1.18. The molecule has 168 valence electrons. The number of nitrogens with zero attached hydrogens (tertiary/aromatic N) is 5. The smallest absolute Gasteiger partial charge is 0.262 e. The van der Waals surface area contributed by atoms with Crippen molar-refractivity contribution < 1.29 is 9.18 Å². The van der Waals surface area contributed by atoms with E-state index in [-0.39, 0.29) is 28.7 Å². The number of hydrogen-bond donors (Lipinski definition) is 2. The summed E-state index contributed by atoms with van der Waals surface area (Å²) in [7, 11) is 1.62. The number of nitrogen functional groups attached to an aromatic ring is 1. The number of hydrogen-bond acceptors (Lipinski definition) is 7. The van der Waals surface area contributed by atoms with Gasteiger partial charge in [-0.05, 0) is 49.6 Å². The van der Waals surface area contributed by atoms with Gasteiger partial charge in [0.25, 0.3) is 11.5 Å². The Morgan fingerprint density at radius 2 is 2.06 bits per heavy atom. The monoisotopic (exact) mass is 465 g/mol. The molecule has 9 nitrogen and oxygen atoms in total. The highest BCUT2D eigenvalue weighted by Gasteiger charge is 2.19. The first kappa shape index (κ1) is 22.2. The van der Waals surface area contributed by atoms with Crippen LogP contribution in [0.3, 0.4) is 0 Å². The van der Waals surface area contributed by atoms with E-state index in [0.29, 0.717) is 51.4 Å². The predicted octanol–water partition coefficient (Wildman–Crippen LogP) is 2.44. The molecule has 0 radical (unpaired) electrons. The molecular formula is C22H20FN7O2S. The highest BCUT2D eigenvalue weighted by molar-refractivity contribution is 7.20. The number of rotatable bonds is 6. The molecule has 0 bridgehead atoms. The second-order valence-corrected chi connectivity index (χ2v) is 8.46. The Morgan fingerprint density at radius 3 is 2.76 bits per heavy atom. The quantitative estimate of drug-likeness (QED) is 0.421. The molecule has 3 N–H and O–H groups in total. The highest BCUT2D eigenvalue weighted by atomic mass is 32.1. The molecule has 0 spiro atoms. The van der Waals surface area contributed by atoms with Gasteiger partial charge in [0.15, 0.2) is 0 Å². The normalized spacial score (nSPS) is 11.0. The van der Waals surface area contributed by atoms with Gasteiger partial charge in [0.05, 0.1) is 28.0 Å². The molecule has 0 saturated heterocycles. The van der Waals surface area contributed by atoms with Crippen LogP contribution in [0.2, 0.25) is 0 Å². The number of fused-ring (bicyclic) bond motifs is 1. The van der Waals surface area contributed by atoms with Crippen LogP contribution in [-0.2, 0) is 13.5 Å². The third-order valence-electron chi connectivity index (χ3n) is 5.27. The summed E-state index contributed by atoms with van der Waals surface area (Å²) in [5.41, 5.74) is 7.80. The van der Waals surface area contributed by atoms with Crippen molar-refractivity contribution in [3.8, 4) is 11.8 Å². The van der Waals surface area contributed by atoms with Crippen molar-refractivity contribution in [2.24, 2.45) is 7.05 Å². The second kappa shape index (κ2) is 8.84. The maximum atomic E-state index is 13.2. The Hall–Kier alpha value is -4.04. The molecule has 4 rings (SSSR count). The number of anilines is 1. The van der Waals surface area contributed by atoms with E-state index >= 15 is 0 Å². The van der Waals surface area contributed by atoms with E-state index in [1.807, 2.05) is 0 Å². The average molecular weight is 466 g/mol. The third kappa shape index (κ3) is 4.08. The van der Waals surface area contributed by atoms with Gasteiger partial charge in [-0.3, -0.25) is 9.59 Å². The molecule has 33 heavy (non-hydrogen) atoms. The fourth-order valence-electron chi connectivity index (χ4n) is 3.52. The maximum absolute atomic E-state index is 13.2. The summed E-state index contributed by atoms with van der Waals surface area (Å²) in [6, 6.07) is 7.70. The molecule has 0 saturated carbocycles. The summed E-state index contributed by atoms with van der Waals surface area (Å²) in [5, 5.41) is 17.2. The van der Waals surface area contributed by atoms with Crippen LogP contribution in [0.1, 0.15) is 32.9 Å². The van der Waals surface area contributed by atoms with E-state index in [0.717, 1.165) is 0 Å². The average Bonchev–Trinajstić information content (AvgIpc) is 3.31. The van der Waals surface area contributed by atoms with Crippen molar-refractivity contribution in [3.63, 3.8) is 0 Å². The highest BCUT2D eigenvalue weighted by Crippen LogP contribution is 2.26.